The first-order valence-corrected chi connectivity index (χ1v) is 15.9. The van der Waals surface area contributed by atoms with Crippen molar-refractivity contribution in [1.29, 1.82) is 0 Å². The summed E-state index contributed by atoms with van der Waals surface area (Å²) in [6.07, 6.45) is 6.13. The smallest absolute Gasteiger partial charge is 0.338 e. The molecule has 2 aromatic heterocycles. The Bertz CT molecular complexity index is 1910. The summed E-state index contributed by atoms with van der Waals surface area (Å²) in [5.41, 5.74) is 2.83. The van der Waals surface area contributed by atoms with E-state index in [1.807, 2.05) is 31.2 Å². The summed E-state index contributed by atoms with van der Waals surface area (Å²) >= 11 is 2.42. The molecule has 0 fully saturated rings. The molecule has 0 bridgehead atoms. The second kappa shape index (κ2) is 13.5. The van der Waals surface area contributed by atoms with Crippen molar-refractivity contribution in [3.8, 4) is 0 Å². The third kappa shape index (κ3) is 6.41. The van der Waals surface area contributed by atoms with Gasteiger partial charge in [-0.25, -0.2) is 19.8 Å². The van der Waals surface area contributed by atoms with Gasteiger partial charge in [0, 0.05) is 29.4 Å². The largest absolute Gasteiger partial charge is 0.463 e. The molecule has 3 heterocycles. The van der Waals surface area contributed by atoms with E-state index < -0.39 is 16.9 Å². The number of nitro groups is 1. The van der Waals surface area contributed by atoms with Crippen LogP contribution < -0.4 is 14.9 Å². The van der Waals surface area contributed by atoms with Gasteiger partial charge in [0.1, 0.15) is 0 Å². The van der Waals surface area contributed by atoms with E-state index in [-0.39, 0.29) is 17.9 Å². The number of fused-ring (bicyclic) bond motifs is 1. The zero-order valence-corrected chi connectivity index (χ0v) is 26.4. The number of aromatic nitrogens is 3. The molecular weight excluding hydrogens is 599 g/mol. The molecular formula is C32H31N5O5S2. The number of hydrogen-bond donors (Lipinski definition) is 0. The molecule has 0 amide bonds. The molecule has 44 heavy (non-hydrogen) atoms. The highest BCUT2D eigenvalue weighted by molar-refractivity contribution is 7.99. The summed E-state index contributed by atoms with van der Waals surface area (Å²) in [6.45, 7) is 8.14. The van der Waals surface area contributed by atoms with Gasteiger partial charge in [-0.1, -0.05) is 62.8 Å². The van der Waals surface area contributed by atoms with Gasteiger partial charge < -0.3 is 4.74 Å². The second-order valence-electron chi connectivity index (χ2n) is 10.3. The number of hydrogen-bond acceptors (Lipinski definition) is 10. The van der Waals surface area contributed by atoms with E-state index in [9.17, 15) is 19.7 Å². The maximum absolute atomic E-state index is 14.2. The molecule has 5 rings (SSSR count). The van der Waals surface area contributed by atoms with Crippen LogP contribution in [0.25, 0.3) is 6.08 Å². The molecule has 0 unspecified atom stereocenters. The van der Waals surface area contributed by atoms with Crippen molar-refractivity contribution in [2.75, 3.05) is 6.61 Å². The van der Waals surface area contributed by atoms with Gasteiger partial charge in [0.15, 0.2) is 9.96 Å². The molecule has 2 aromatic carbocycles. The molecule has 1 aliphatic heterocycles. The Hall–Kier alpha value is -4.42. The lowest BCUT2D eigenvalue weighted by Crippen LogP contribution is -2.40. The molecule has 0 radical (unpaired) electrons. The number of nitro benzene ring substituents is 1. The van der Waals surface area contributed by atoms with Crippen LogP contribution in [0.1, 0.15) is 69.2 Å². The summed E-state index contributed by atoms with van der Waals surface area (Å²) < 4.78 is 7.34. The Kier molecular flexibility index (Phi) is 9.50. The minimum absolute atomic E-state index is 0.111. The number of carbonyl (C=O) groups is 1. The average molecular weight is 630 g/mol. The van der Waals surface area contributed by atoms with Gasteiger partial charge >= 0.3 is 5.97 Å². The summed E-state index contributed by atoms with van der Waals surface area (Å²) in [7, 11) is 0. The molecule has 0 aliphatic carbocycles. The van der Waals surface area contributed by atoms with Gasteiger partial charge in [0.05, 0.1) is 33.4 Å². The fraction of sp³-hybridized carbons (Fsp3) is 0.281. The topological polar surface area (TPSA) is 130 Å². The lowest BCUT2D eigenvalue weighted by molar-refractivity contribution is -0.384. The number of nitrogens with zero attached hydrogens (tertiary/aromatic N) is 5. The lowest BCUT2D eigenvalue weighted by Gasteiger charge is -2.26. The van der Waals surface area contributed by atoms with Gasteiger partial charge in [-0.15, -0.1) is 0 Å². The minimum atomic E-state index is -0.744. The highest BCUT2D eigenvalue weighted by Gasteiger charge is 2.34. The maximum Gasteiger partial charge on any atom is 0.338 e. The van der Waals surface area contributed by atoms with Crippen LogP contribution in [0.2, 0.25) is 0 Å². The Balaban J connectivity index is 1.73. The highest BCUT2D eigenvalue weighted by atomic mass is 32.2. The van der Waals surface area contributed by atoms with Crippen LogP contribution in [0, 0.1) is 10.1 Å². The Morgan fingerprint density at radius 1 is 1.16 bits per heavy atom. The third-order valence-electron chi connectivity index (χ3n) is 7.05. The highest BCUT2D eigenvalue weighted by Crippen LogP contribution is 2.34. The molecule has 0 saturated heterocycles. The van der Waals surface area contributed by atoms with E-state index in [4.69, 9.17) is 9.73 Å². The predicted molar refractivity (Wildman–Crippen MR) is 169 cm³/mol. The maximum atomic E-state index is 14.2. The zero-order valence-electron chi connectivity index (χ0n) is 24.7. The fourth-order valence-electron chi connectivity index (χ4n) is 4.93. The van der Waals surface area contributed by atoms with Crippen LogP contribution in [0.4, 0.5) is 5.69 Å². The van der Waals surface area contributed by atoms with Crippen LogP contribution in [0.3, 0.4) is 0 Å². The molecule has 0 N–H and O–H groups in total. The van der Waals surface area contributed by atoms with E-state index in [1.54, 1.807) is 37.5 Å². The van der Waals surface area contributed by atoms with Crippen LogP contribution >= 0.6 is 23.1 Å². The van der Waals surface area contributed by atoms with Crippen LogP contribution in [0.5, 0.6) is 0 Å². The van der Waals surface area contributed by atoms with E-state index in [1.165, 1.54) is 39.8 Å². The van der Waals surface area contributed by atoms with Gasteiger partial charge in [-0.2, -0.15) is 0 Å². The number of ether oxygens (including phenoxy) is 1. The number of thiazole rings is 1. The van der Waals surface area contributed by atoms with Crippen molar-refractivity contribution in [2.24, 2.45) is 4.99 Å². The van der Waals surface area contributed by atoms with Crippen molar-refractivity contribution in [1.82, 2.24) is 14.5 Å². The van der Waals surface area contributed by atoms with Crippen molar-refractivity contribution in [2.45, 2.75) is 62.5 Å². The predicted octanol–water partition coefficient (Wildman–Crippen LogP) is 5.55. The monoisotopic (exact) mass is 629 g/mol. The molecule has 1 aliphatic rings. The number of non-ortho nitro benzene ring substituents is 1. The first kappa shape index (κ1) is 31.0. The normalized spacial score (nSPS) is 14.8. The van der Waals surface area contributed by atoms with E-state index in [0.717, 1.165) is 17.5 Å². The first-order chi connectivity index (χ1) is 21.2. The molecule has 1 atom stereocenters. The Morgan fingerprint density at radius 2 is 1.89 bits per heavy atom. The molecule has 226 valence electrons. The van der Waals surface area contributed by atoms with Gasteiger partial charge in [0.2, 0.25) is 0 Å². The molecule has 12 heteroatoms. The van der Waals surface area contributed by atoms with E-state index in [2.05, 4.69) is 23.8 Å². The standard InChI is InChI=1S/C32H31N5O5S2/c1-5-8-24-27(30(39)42-6-2)28(21-11-9-20(10-12-21)19(3)4)36-29(38)26(44-32(36)35-24)18-22-17-23(37(40)41)13-14-25(22)43-31-33-15-7-16-34-31/h7,9-19,28H,5-6,8H2,1-4H3/b26-18+/t28-/m1/s1. The number of carbonyl (C=O) groups excluding carboxylic acids is 1. The molecule has 0 spiro atoms. The summed E-state index contributed by atoms with van der Waals surface area (Å²) in [6, 6.07) is 13.3. The Morgan fingerprint density at radius 3 is 2.52 bits per heavy atom. The molecule has 0 saturated carbocycles. The zero-order chi connectivity index (χ0) is 31.4. The third-order valence-corrected chi connectivity index (χ3v) is 9.01. The SMILES string of the molecule is CCCC1=C(C(=O)OCC)[C@@H](c2ccc(C(C)C)cc2)n2c(s/c(=C/c3cc([N+](=O)[O-])ccc3Sc3ncccn3)c2=O)=N1. The van der Waals surface area contributed by atoms with Crippen molar-refractivity contribution in [3.63, 3.8) is 0 Å². The van der Waals surface area contributed by atoms with E-state index >= 15 is 0 Å². The number of benzene rings is 2. The first-order valence-electron chi connectivity index (χ1n) is 14.3. The second-order valence-corrected chi connectivity index (χ2v) is 12.4. The van der Waals surface area contributed by atoms with Gasteiger partial charge in [-0.3, -0.25) is 19.5 Å². The van der Waals surface area contributed by atoms with Crippen molar-refractivity contribution in [3.05, 3.63) is 119 Å². The summed E-state index contributed by atoms with van der Waals surface area (Å²) in [5, 5.41) is 12.1. The average Bonchev–Trinajstić information content (AvgIpc) is 3.32. The number of esters is 1. The van der Waals surface area contributed by atoms with Gasteiger partial charge in [-0.05, 0) is 65.9 Å². The summed E-state index contributed by atoms with van der Waals surface area (Å²) in [4.78, 5) is 53.2. The van der Waals surface area contributed by atoms with Crippen LogP contribution in [-0.4, -0.2) is 32.0 Å². The molecule has 10 nitrogen and oxygen atoms in total. The van der Waals surface area contributed by atoms with Gasteiger partial charge in [0.25, 0.3) is 11.2 Å². The molecule has 4 aromatic rings. The van der Waals surface area contributed by atoms with Crippen molar-refractivity contribution >= 4 is 40.8 Å². The van der Waals surface area contributed by atoms with E-state index in [0.29, 0.717) is 48.6 Å². The number of allylic oxidation sites excluding steroid dienone is 1. The summed E-state index contributed by atoms with van der Waals surface area (Å²) in [5.74, 6) is -0.197. The van der Waals surface area contributed by atoms with Crippen LogP contribution in [-0.2, 0) is 9.53 Å². The van der Waals surface area contributed by atoms with Crippen molar-refractivity contribution < 1.29 is 14.5 Å². The van der Waals surface area contributed by atoms with Crippen LogP contribution in [0.15, 0.2) is 92.0 Å². The Labute approximate surface area is 262 Å². The minimum Gasteiger partial charge on any atom is -0.463 e. The number of rotatable bonds is 10. The quantitative estimate of drug-likeness (QED) is 0.0966. The fourth-order valence-corrected chi connectivity index (χ4v) is 6.74. The lowest BCUT2D eigenvalue weighted by atomic mass is 9.92.